The van der Waals surface area contributed by atoms with E-state index in [1.807, 2.05) is 6.07 Å². The molecule has 0 aliphatic carbocycles. The van der Waals surface area contributed by atoms with E-state index in [2.05, 4.69) is 173 Å². The van der Waals surface area contributed by atoms with Crippen molar-refractivity contribution < 1.29 is 4.42 Å². The number of hydrogen-bond acceptors (Lipinski definition) is 2. The van der Waals surface area contributed by atoms with E-state index >= 15 is 0 Å². The van der Waals surface area contributed by atoms with Crippen LogP contribution in [-0.2, 0) is 0 Å². The van der Waals surface area contributed by atoms with Crippen LogP contribution in [0.15, 0.2) is 174 Å². The fourth-order valence-corrected chi connectivity index (χ4v) is 6.75. The predicted molar refractivity (Wildman–Crippen MR) is 188 cm³/mol. The number of furan rings is 1. The van der Waals surface area contributed by atoms with Gasteiger partial charge >= 0.3 is 0 Å². The van der Waals surface area contributed by atoms with Crippen LogP contribution in [0.2, 0.25) is 0 Å². The third kappa shape index (κ3) is 4.13. The van der Waals surface area contributed by atoms with E-state index in [0.29, 0.717) is 0 Å². The van der Waals surface area contributed by atoms with E-state index in [9.17, 15) is 0 Å². The molecule has 0 spiro atoms. The number of hydrogen-bond donors (Lipinski definition) is 0. The Bertz CT molecular complexity index is 2440. The van der Waals surface area contributed by atoms with Crippen LogP contribution >= 0.6 is 0 Å². The Morgan fingerprint density at radius 1 is 0.422 bits per heavy atom. The van der Waals surface area contributed by atoms with Crippen LogP contribution in [0.5, 0.6) is 0 Å². The molecule has 0 radical (unpaired) electrons. The molecule has 7 aromatic carbocycles. The summed E-state index contributed by atoms with van der Waals surface area (Å²) >= 11 is 0. The van der Waals surface area contributed by atoms with E-state index in [1.165, 1.54) is 16.3 Å². The monoisotopic (exact) mass is 576 g/mol. The average molecular weight is 577 g/mol. The van der Waals surface area contributed by atoms with E-state index in [1.54, 1.807) is 0 Å². The molecule has 0 N–H and O–H groups in total. The highest BCUT2D eigenvalue weighted by molar-refractivity contribution is 6.14. The lowest BCUT2D eigenvalue weighted by atomic mass is 9.99. The van der Waals surface area contributed by atoms with Gasteiger partial charge < -0.3 is 13.9 Å². The molecule has 0 unspecified atom stereocenters. The van der Waals surface area contributed by atoms with Gasteiger partial charge in [-0.15, -0.1) is 0 Å². The molecule has 0 atom stereocenters. The summed E-state index contributed by atoms with van der Waals surface area (Å²) in [5.74, 6) is 0. The molecule has 3 heteroatoms. The lowest BCUT2D eigenvalue weighted by Crippen LogP contribution is -2.09. The standard InChI is InChI=1S/C42H28N2O/c1-4-14-30(15-5-1)43(31-16-6-2-7-17-31)33-27-37(42-38(28-33)36-21-11-13-23-41(36)45-42)29-24-25-35-34-20-10-12-22-39(34)44(40(35)26-29)32-18-8-3-9-19-32/h1-28H. The summed E-state index contributed by atoms with van der Waals surface area (Å²) in [6.45, 7) is 0. The number of aromatic nitrogens is 1. The minimum atomic E-state index is 0.886. The summed E-state index contributed by atoms with van der Waals surface area (Å²) in [5, 5.41) is 4.67. The van der Waals surface area contributed by atoms with Crippen LogP contribution in [0, 0.1) is 0 Å². The molecule has 0 amide bonds. The second kappa shape index (κ2) is 10.3. The van der Waals surface area contributed by atoms with E-state index in [-0.39, 0.29) is 0 Å². The normalized spacial score (nSPS) is 11.6. The van der Waals surface area contributed by atoms with Gasteiger partial charge in [-0.2, -0.15) is 0 Å². The van der Waals surface area contributed by atoms with Crippen molar-refractivity contribution in [2.75, 3.05) is 4.90 Å². The van der Waals surface area contributed by atoms with E-state index in [4.69, 9.17) is 4.42 Å². The Morgan fingerprint density at radius 2 is 1.02 bits per heavy atom. The molecular weight excluding hydrogens is 548 g/mol. The quantitative estimate of drug-likeness (QED) is 0.203. The molecule has 0 saturated carbocycles. The van der Waals surface area contributed by atoms with Crippen LogP contribution in [0.4, 0.5) is 17.1 Å². The number of para-hydroxylation sites is 5. The largest absolute Gasteiger partial charge is 0.455 e. The first-order valence-electron chi connectivity index (χ1n) is 15.3. The summed E-state index contributed by atoms with van der Waals surface area (Å²) in [6, 6.07) is 60.1. The van der Waals surface area contributed by atoms with Gasteiger partial charge in [-0.25, -0.2) is 0 Å². The number of rotatable bonds is 5. The van der Waals surface area contributed by atoms with Gasteiger partial charge in [0.2, 0.25) is 0 Å². The fourth-order valence-electron chi connectivity index (χ4n) is 6.75. The summed E-state index contributed by atoms with van der Waals surface area (Å²) in [5.41, 5.74) is 10.7. The van der Waals surface area contributed by atoms with Gasteiger partial charge in [-0.3, -0.25) is 0 Å². The van der Waals surface area contributed by atoms with Crippen LogP contribution in [0.25, 0.3) is 60.6 Å². The molecule has 0 bridgehead atoms. The lowest BCUT2D eigenvalue weighted by Gasteiger charge is -2.26. The van der Waals surface area contributed by atoms with Crippen molar-refractivity contribution in [3.63, 3.8) is 0 Å². The van der Waals surface area contributed by atoms with Crippen molar-refractivity contribution in [3.05, 3.63) is 170 Å². The molecular formula is C42H28N2O. The Balaban J connectivity index is 1.36. The molecule has 9 aromatic rings. The van der Waals surface area contributed by atoms with Crippen molar-refractivity contribution in [2.45, 2.75) is 0 Å². The Kier molecular flexibility index (Phi) is 5.82. The highest BCUT2D eigenvalue weighted by atomic mass is 16.3. The Morgan fingerprint density at radius 3 is 1.76 bits per heavy atom. The van der Waals surface area contributed by atoms with Crippen molar-refractivity contribution in [1.82, 2.24) is 4.57 Å². The number of anilines is 3. The van der Waals surface area contributed by atoms with Gasteiger partial charge in [0.15, 0.2) is 0 Å². The Labute approximate surface area is 260 Å². The van der Waals surface area contributed by atoms with Gasteiger partial charge in [-0.1, -0.05) is 103 Å². The van der Waals surface area contributed by atoms with Crippen LogP contribution in [0.1, 0.15) is 0 Å². The first kappa shape index (κ1) is 25.4. The topological polar surface area (TPSA) is 21.3 Å². The fraction of sp³-hybridized carbons (Fsp3) is 0. The average Bonchev–Trinajstić information content (AvgIpc) is 3.65. The third-order valence-electron chi connectivity index (χ3n) is 8.75. The summed E-state index contributed by atoms with van der Waals surface area (Å²) in [6.07, 6.45) is 0. The smallest absolute Gasteiger partial charge is 0.143 e. The summed E-state index contributed by atoms with van der Waals surface area (Å²) < 4.78 is 9.01. The number of fused-ring (bicyclic) bond motifs is 6. The third-order valence-corrected chi connectivity index (χ3v) is 8.75. The molecule has 212 valence electrons. The first-order valence-corrected chi connectivity index (χ1v) is 15.3. The molecule has 45 heavy (non-hydrogen) atoms. The molecule has 0 saturated heterocycles. The predicted octanol–water partition coefficient (Wildman–Crippen LogP) is 11.8. The lowest BCUT2D eigenvalue weighted by molar-refractivity contribution is 0.670. The van der Waals surface area contributed by atoms with Crippen LogP contribution in [0.3, 0.4) is 0 Å². The SMILES string of the molecule is c1ccc(N(c2ccccc2)c2cc(-c3ccc4c5ccccc5n(-c5ccccc5)c4c3)c3oc4ccccc4c3c2)cc1. The van der Waals surface area contributed by atoms with Crippen molar-refractivity contribution in [2.24, 2.45) is 0 Å². The summed E-state index contributed by atoms with van der Waals surface area (Å²) in [7, 11) is 0. The van der Waals surface area contributed by atoms with E-state index < -0.39 is 0 Å². The second-order valence-electron chi connectivity index (χ2n) is 11.4. The van der Waals surface area contributed by atoms with Crippen molar-refractivity contribution in [1.29, 1.82) is 0 Å². The molecule has 0 fully saturated rings. The molecule has 0 aliphatic heterocycles. The van der Waals surface area contributed by atoms with Crippen LogP contribution < -0.4 is 4.90 Å². The second-order valence-corrected chi connectivity index (χ2v) is 11.4. The Hall–Kier alpha value is -6.06. The van der Waals surface area contributed by atoms with Gasteiger partial charge in [0.25, 0.3) is 0 Å². The van der Waals surface area contributed by atoms with E-state index in [0.717, 1.165) is 61.3 Å². The highest BCUT2D eigenvalue weighted by Crippen LogP contribution is 2.44. The zero-order chi connectivity index (χ0) is 29.7. The first-order chi connectivity index (χ1) is 22.3. The minimum absolute atomic E-state index is 0.886. The molecule has 3 nitrogen and oxygen atoms in total. The molecule has 0 aliphatic rings. The highest BCUT2D eigenvalue weighted by Gasteiger charge is 2.20. The van der Waals surface area contributed by atoms with Crippen LogP contribution in [-0.4, -0.2) is 4.57 Å². The number of nitrogens with zero attached hydrogens (tertiary/aromatic N) is 2. The summed E-state index contributed by atoms with van der Waals surface area (Å²) in [4.78, 5) is 2.32. The van der Waals surface area contributed by atoms with Gasteiger partial charge in [0, 0.05) is 49.9 Å². The number of benzene rings is 7. The van der Waals surface area contributed by atoms with Gasteiger partial charge in [0.05, 0.1) is 11.0 Å². The van der Waals surface area contributed by atoms with Gasteiger partial charge in [0.1, 0.15) is 11.2 Å². The molecule has 9 rings (SSSR count). The zero-order valence-electron chi connectivity index (χ0n) is 24.5. The minimum Gasteiger partial charge on any atom is -0.455 e. The maximum Gasteiger partial charge on any atom is 0.143 e. The zero-order valence-corrected chi connectivity index (χ0v) is 24.5. The maximum absolute atomic E-state index is 6.64. The maximum atomic E-state index is 6.64. The van der Waals surface area contributed by atoms with Crippen molar-refractivity contribution in [3.8, 4) is 16.8 Å². The van der Waals surface area contributed by atoms with Crippen molar-refractivity contribution >= 4 is 60.8 Å². The molecule has 2 heterocycles. The van der Waals surface area contributed by atoms with Gasteiger partial charge in [-0.05, 0) is 72.3 Å². The molecule has 2 aromatic heterocycles.